The van der Waals surface area contributed by atoms with Gasteiger partial charge in [-0.15, -0.1) is 0 Å². The number of hydrogen-bond donors (Lipinski definition) is 0. The van der Waals surface area contributed by atoms with Crippen molar-refractivity contribution in [3.63, 3.8) is 0 Å². The summed E-state index contributed by atoms with van der Waals surface area (Å²) in [5.41, 5.74) is 21.3. The van der Waals surface area contributed by atoms with Crippen LogP contribution in [0.15, 0.2) is 310 Å². The van der Waals surface area contributed by atoms with Crippen LogP contribution < -0.4 is 0 Å². The lowest BCUT2D eigenvalue weighted by Crippen LogP contribution is -1.85. The summed E-state index contributed by atoms with van der Waals surface area (Å²) in [5, 5.41) is 2.67. The molecule has 0 bridgehead atoms. The van der Waals surface area contributed by atoms with Crippen molar-refractivity contribution >= 4 is 10.8 Å². The van der Waals surface area contributed by atoms with E-state index >= 15 is 0 Å². The molecule has 0 amide bonds. The summed E-state index contributed by atoms with van der Waals surface area (Å²) in [7, 11) is 0. The summed E-state index contributed by atoms with van der Waals surface area (Å²) in [6.45, 7) is 12.5. The van der Waals surface area contributed by atoms with E-state index in [4.69, 9.17) is 0 Å². The fraction of sp³-hybridized carbons (Fsp3) is 0.0779. The Hall–Kier alpha value is -10.2. The van der Waals surface area contributed by atoms with E-state index < -0.39 is 0 Å². The van der Waals surface area contributed by atoms with Crippen LogP contribution in [0.3, 0.4) is 0 Å². The smallest absolute Gasteiger partial charge is 0.0731 e. The number of benzene rings is 8. The SMILES string of the molecule is Cc1ccc(-c2ccccc2)c2ccccc12.Cc1ccc(-c2ccccc2)nc1.Cc1cccc(-c2ccccc2)n1.Cc1ccccc1-c1cccnc1.Cc1cccnc1-c1ccccc1.Cc1ccnc(-c2ccccc2)c1. The first-order chi connectivity index (χ1) is 40.2. The zero-order chi connectivity index (χ0) is 57.1. The van der Waals surface area contributed by atoms with Crippen molar-refractivity contribution < 1.29 is 0 Å². The van der Waals surface area contributed by atoms with Crippen LogP contribution in [0.1, 0.15) is 33.5 Å². The molecule has 0 saturated heterocycles. The third kappa shape index (κ3) is 17.4. The molecule has 5 heterocycles. The molecule has 0 atom stereocenters. The van der Waals surface area contributed by atoms with Crippen molar-refractivity contribution in [2.75, 3.05) is 0 Å². The molecule has 0 N–H and O–H groups in total. The van der Waals surface area contributed by atoms with Crippen LogP contribution in [0, 0.1) is 41.5 Å². The first-order valence-corrected chi connectivity index (χ1v) is 27.6. The molecule has 402 valence electrons. The van der Waals surface area contributed by atoms with Crippen molar-refractivity contribution in [2.24, 2.45) is 0 Å². The predicted octanol–water partition coefficient (Wildman–Crippen LogP) is 20.1. The molecule has 0 saturated carbocycles. The quantitative estimate of drug-likeness (QED) is 0.166. The van der Waals surface area contributed by atoms with Crippen molar-refractivity contribution in [2.45, 2.75) is 41.5 Å². The number of fused-ring (bicyclic) bond motifs is 1. The summed E-state index contributed by atoms with van der Waals surface area (Å²) in [5.74, 6) is 0. The van der Waals surface area contributed by atoms with Gasteiger partial charge in [0, 0.05) is 64.5 Å². The Balaban J connectivity index is 0.000000129. The van der Waals surface area contributed by atoms with Gasteiger partial charge in [-0.25, -0.2) is 0 Å². The summed E-state index contributed by atoms with van der Waals surface area (Å²) in [4.78, 5) is 21.6. The monoisotopic (exact) mass is 1060 g/mol. The molecule has 82 heavy (non-hydrogen) atoms. The molecule has 0 unspecified atom stereocenters. The molecule has 0 aliphatic carbocycles. The number of nitrogens with zero attached hydrogens (tertiary/aromatic N) is 5. The molecular weight excluding hydrogens is 995 g/mol. The molecule has 0 aliphatic heterocycles. The van der Waals surface area contributed by atoms with E-state index in [1.54, 1.807) is 6.20 Å². The minimum absolute atomic E-state index is 1.03. The molecule has 5 heteroatoms. The molecule has 5 nitrogen and oxygen atoms in total. The lowest BCUT2D eigenvalue weighted by atomic mass is 9.96. The van der Waals surface area contributed by atoms with Crippen molar-refractivity contribution in [3.05, 3.63) is 344 Å². The van der Waals surface area contributed by atoms with E-state index in [1.807, 2.05) is 154 Å². The first kappa shape index (κ1) is 57.9. The van der Waals surface area contributed by atoms with E-state index in [0.717, 1.165) is 28.5 Å². The van der Waals surface area contributed by atoms with Gasteiger partial charge >= 0.3 is 0 Å². The lowest BCUT2D eigenvalue weighted by molar-refractivity contribution is 1.21. The van der Waals surface area contributed by atoms with Gasteiger partial charge in [0.15, 0.2) is 0 Å². The van der Waals surface area contributed by atoms with E-state index in [-0.39, 0.29) is 0 Å². The Morgan fingerprint density at radius 3 is 1.37 bits per heavy atom. The van der Waals surface area contributed by atoms with E-state index in [9.17, 15) is 0 Å². The number of aryl methyl sites for hydroxylation is 6. The molecular formula is C77H69N5. The third-order valence-corrected chi connectivity index (χ3v) is 13.3. The van der Waals surface area contributed by atoms with Gasteiger partial charge in [-0.05, 0) is 139 Å². The van der Waals surface area contributed by atoms with Crippen molar-refractivity contribution in [1.29, 1.82) is 0 Å². The predicted molar refractivity (Wildman–Crippen MR) is 346 cm³/mol. The molecule has 8 aromatic carbocycles. The first-order valence-electron chi connectivity index (χ1n) is 27.6. The largest absolute Gasteiger partial charge is 0.264 e. The lowest BCUT2D eigenvalue weighted by Gasteiger charge is -2.09. The zero-order valence-electron chi connectivity index (χ0n) is 47.7. The second-order valence-electron chi connectivity index (χ2n) is 19.6. The Kier molecular flexibility index (Phi) is 21.8. The maximum atomic E-state index is 4.44. The van der Waals surface area contributed by atoms with Crippen LogP contribution in [0.2, 0.25) is 0 Å². The Labute approximate surface area is 485 Å². The second-order valence-corrected chi connectivity index (χ2v) is 19.6. The fourth-order valence-corrected chi connectivity index (χ4v) is 8.99. The van der Waals surface area contributed by atoms with Gasteiger partial charge in [-0.1, -0.05) is 237 Å². The number of aromatic nitrogens is 5. The average molecular weight is 1060 g/mol. The third-order valence-electron chi connectivity index (χ3n) is 13.3. The average Bonchev–Trinajstić information content (AvgIpc) is 3.68. The Morgan fingerprint density at radius 1 is 0.256 bits per heavy atom. The number of hydrogen-bond acceptors (Lipinski definition) is 5. The molecule has 0 fully saturated rings. The van der Waals surface area contributed by atoms with Crippen LogP contribution in [-0.4, -0.2) is 24.9 Å². The van der Waals surface area contributed by atoms with Crippen LogP contribution in [0.5, 0.6) is 0 Å². The second kappa shape index (κ2) is 30.8. The van der Waals surface area contributed by atoms with E-state index in [0.29, 0.717) is 0 Å². The number of rotatable bonds is 6. The molecule has 0 spiro atoms. The van der Waals surface area contributed by atoms with Crippen LogP contribution >= 0.6 is 0 Å². The summed E-state index contributed by atoms with van der Waals surface area (Å²) in [6, 6.07) is 95.1. The standard InChI is InChI=1S/C17H14.5C12H11N/c1-13-11-12-16(14-7-3-2-4-8-14)17-10-6-5-9-15(13)17;1-10-5-2-3-7-12(10)11-6-4-8-13-9-11;1-10-6-5-9-13-12(10)11-7-3-2-4-8-11;1-10-6-5-9-12(13-10)11-7-3-2-4-8-11;1-10-7-8-13-12(9-10)11-5-3-2-4-6-11;1-10-7-8-12(13-9-10)11-5-3-2-4-6-11/h2-12H,1H3;5*2-9H,1H3. The van der Waals surface area contributed by atoms with Crippen LogP contribution in [-0.2, 0) is 0 Å². The van der Waals surface area contributed by atoms with Gasteiger partial charge in [-0.2, -0.15) is 0 Å². The topological polar surface area (TPSA) is 64.5 Å². The summed E-state index contributed by atoms with van der Waals surface area (Å²) >= 11 is 0. The molecule has 13 aromatic rings. The van der Waals surface area contributed by atoms with Gasteiger partial charge in [0.1, 0.15) is 0 Å². The van der Waals surface area contributed by atoms with Crippen molar-refractivity contribution in [1.82, 2.24) is 24.9 Å². The highest BCUT2D eigenvalue weighted by Gasteiger charge is 2.06. The zero-order valence-corrected chi connectivity index (χ0v) is 47.7. The number of pyridine rings is 5. The van der Waals surface area contributed by atoms with Gasteiger partial charge in [0.25, 0.3) is 0 Å². The Morgan fingerprint density at radius 2 is 0.793 bits per heavy atom. The van der Waals surface area contributed by atoms with Gasteiger partial charge in [0.2, 0.25) is 0 Å². The minimum Gasteiger partial charge on any atom is -0.264 e. The van der Waals surface area contributed by atoms with Crippen LogP contribution in [0.25, 0.3) is 78.1 Å². The van der Waals surface area contributed by atoms with Gasteiger partial charge in [0.05, 0.1) is 22.8 Å². The molecule has 0 aliphatic rings. The normalized spacial score (nSPS) is 10.1. The summed E-state index contributed by atoms with van der Waals surface area (Å²) < 4.78 is 0. The van der Waals surface area contributed by atoms with E-state index in [2.05, 4.69) is 216 Å². The molecule has 0 radical (unpaired) electrons. The minimum atomic E-state index is 1.03. The highest BCUT2D eigenvalue weighted by Crippen LogP contribution is 2.30. The maximum absolute atomic E-state index is 4.44. The molecule has 5 aromatic heterocycles. The summed E-state index contributed by atoms with van der Waals surface area (Å²) in [6.07, 6.45) is 9.25. The Bertz CT molecular complexity index is 3790. The van der Waals surface area contributed by atoms with Gasteiger partial charge in [-0.3, -0.25) is 24.9 Å². The van der Waals surface area contributed by atoms with Crippen molar-refractivity contribution in [3.8, 4) is 67.3 Å². The maximum Gasteiger partial charge on any atom is 0.0731 e. The van der Waals surface area contributed by atoms with Crippen LogP contribution in [0.4, 0.5) is 0 Å². The molecule has 13 rings (SSSR count). The highest BCUT2D eigenvalue weighted by molar-refractivity contribution is 5.98. The van der Waals surface area contributed by atoms with E-state index in [1.165, 1.54) is 83.1 Å². The highest BCUT2D eigenvalue weighted by atomic mass is 14.7. The fourth-order valence-electron chi connectivity index (χ4n) is 8.99. The van der Waals surface area contributed by atoms with Gasteiger partial charge < -0.3 is 0 Å².